The minimum absolute atomic E-state index is 0.119. The summed E-state index contributed by atoms with van der Waals surface area (Å²) in [6.07, 6.45) is 10.5. The lowest BCUT2D eigenvalue weighted by Crippen LogP contribution is -2.46. The van der Waals surface area contributed by atoms with Crippen molar-refractivity contribution in [1.82, 2.24) is 4.31 Å². The molecule has 9 heteroatoms. The molecule has 1 fully saturated rings. The predicted octanol–water partition coefficient (Wildman–Crippen LogP) is 8.26. The molecule has 5 rings (SSSR count). The first kappa shape index (κ1) is 32.0. The summed E-state index contributed by atoms with van der Waals surface area (Å²) in [5.74, 6) is -1.57. The largest absolute Gasteiger partial charge is 0.493 e. The van der Waals surface area contributed by atoms with Crippen molar-refractivity contribution >= 4 is 27.4 Å². The molecule has 3 aromatic rings. The van der Waals surface area contributed by atoms with E-state index in [2.05, 4.69) is 11.8 Å². The fourth-order valence-electron chi connectivity index (χ4n) is 6.61. The number of benzene rings is 3. The van der Waals surface area contributed by atoms with Gasteiger partial charge in [-0.1, -0.05) is 76.1 Å². The molecule has 236 valence electrons. The molecule has 0 amide bonds. The van der Waals surface area contributed by atoms with Crippen molar-refractivity contribution in [3.05, 3.63) is 72.0 Å². The number of aromatic carboxylic acids is 1. The Morgan fingerprint density at radius 1 is 0.977 bits per heavy atom. The second-order valence-electron chi connectivity index (χ2n) is 12.0. The maximum atomic E-state index is 14.4. The highest BCUT2D eigenvalue weighted by Crippen LogP contribution is 2.45. The number of rotatable bonds is 11. The molecule has 0 radical (unpaired) electrons. The molecule has 7 nitrogen and oxygen atoms in total. The second-order valence-corrected chi connectivity index (χ2v) is 14.0. The summed E-state index contributed by atoms with van der Waals surface area (Å²) in [5, 5.41) is 9.63. The van der Waals surface area contributed by atoms with Gasteiger partial charge in [-0.25, -0.2) is 17.6 Å². The summed E-state index contributed by atoms with van der Waals surface area (Å²) in [6.45, 7) is 3.08. The van der Waals surface area contributed by atoms with Gasteiger partial charge in [0.25, 0.3) is 0 Å². The summed E-state index contributed by atoms with van der Waals surface area (Å²) < 4.78 is 51.2. The molecule has 1 atom stereocenters. The minimum atomic E-state index is -3.97. The molecule has 2 aliphatic rings. The van der Waals surface area contributed by atoms with Gasteiger partial charge in [-0.05, 0) is 61.1 Å². The number of anilines is 2. The van der Waals surface area contributed by atoms with Gasteiger partial charge in [0.2, 0.25) is 10.0 Å². The molecule has 1 heterocycles. The van der Waals surface area contributed by atoms with Crippen molar-refractivity contribution in [3.8, 4) is 16.9 Å². The highest BCUT2D eigenvalue weighted by molar-refractivity contribution is 7.89. The van der Waals surface area contributed by atoms with Crippen molar-refractivity contribution in [2.24, 2.45) is 5.92 Å². The van der Waals surface area contributed by atoms with Crippen LogP contribution in [0.4, 0.5) is 15.8 Å². The van der Waals surface area contributed by atoms with E-state index in [0.29, 0.717) is 35.7 Å². The Morgan fingerprint density at radius 2 is 1.70 bits per heavy atom. The summed E-state index contributed by atoms with van der Waals surface area (Å²) in [6, 6.07) is 16.8. The highest BCUT2D eigenvalue weighted by Gasteiger charge is 2.41. The lowest BCUT2D eigenvalue weighted by Gasteiger charge is -2.36. The molecule has 0 spiro atoms. The number of ether oxygens (including phenoxy) is 1. The average molecular weight is 623 g/mol. The number of halogens is 1. The molecule has 3 aromatic carbocycles. The molecule has 0 unspecified atom stereocenters. The number of sulfonamides is 1. The number of nitrogens with zero attached hydrogens (tertiary/aromatic N) is 2. The number of carbonyl (C=O) groups is 1. The predicted molar refractivity (Wildman–Crippen MR) is 172 cm³/mol. The maximum Gasteiger partial charge on any atom is 0.338 e. The molecule has 1 N–H and O–H groups in total. The Labute approximate surface area is 260 Å². The SMILES string of the molecule is CCCCCCCOc1cc2c(cc1-c1ccc(F)c(C(=O)O)c1)S(=O)(=O)N(C)[C@H](C1CCCCC1)CN2c1ccccc1. The van der Waals surface area contributed by atoms with Crippen LogP contribution < -0.4 is 9.64 Å². The van der Waals surface area contributed by atoms with Crippen LogP contribution in [0.25, 0.3) is 11.1 Å². The Morgan fingerprint density at radius 3 is 2.41 bits per heavy atom. The van der Waals surface area contributed by atoms with Crippen LogP contribution >= 0.6 is 0 Å². The number of likely N-dealkylation sites (N-methyl/N-ethyl adjacent to an activating group) is 1. The number of hydrogen-bond donors (Lipinski definition) is 1. The van der Waals surface area contributed by atoms with E-state index >= 15 is 0 Å². The van der Waals surface area contributed by atoms with Gasteiger partial charge in [0.1, 0.15) is 16.5 Å². The number of fused-ring (bicyclic) bond motifs is 1. The maximum absolute atomic E-state index is 14.4. The third-order valence-electron chi connectivity index (χ3n) is 9.12. The van der Waals surface area contributed by atoms with Crippen LogP contribution in [0.2, 0.25) is 0 Å². The minimum Gasteiger partial charge on any atom is -0.493 e. The summed E-state index contributed by atoms with van der Waals surface area (Å²) in [4.78, 5) is 14.0. The summed E-state index contributed by atoms with van der Waals surface area (Å²) in [5.41, 5.74) is 1.72. The van der Waals surface area contributed by atoms with Crippen molar-refractivity contribution in [2.45, 2.75) is 82.1 Å². The molecule has 44 heavy (non-hydrogen) atoms. The van der Waals surface area contributed by atoms with Gasteiger partial charge in [-0.2, -0.15) is 4.31 Å². The summed E-state index contributed by atoms with van der Waals surface area (Å²) in [7, 11) is -2.29. The van der Waals surface area contributed by atoms with Crippen molar-refractivity contribution in [3.63, 3.8) is 0 Å². The van der Waals surface area contributed by atoms with E-state index in [1.807, 2.05) is 30.3 Å². The van der Waals surface area contributed by atoms with Crippen molar-refractivity contribution in [2.75, 3.05) is 25.1 Å². The first-order valence-electron chi connectivity index (χ1n) is 15.9. The molecule has 0 aromatic heterocycles. The lowest BCUT2D eigenvalue weighted by atomic mass is 9.83. The Hall–Kier alpha value is -3.43. The molecule has 1 saturated carbocycles. The molecule has 0 saturated heterocycles. The molecular formula is C35H43FN2O5S. The molecule has 1 aliphatic heterocycles. The van der Waals surface area contributed by atoms with E-state index in [1.165, 1.54) is 22.9 Å². The van der Waals surface area contributed by atoms with Gasteiger partial charge in [-0.15, -0.1) is 0 Å². The Bertz CT molecular complexity index is 1560. The zero-order valence-corrected chi connectivity index (χ0v) is 26.5. The van der Waals surface area contributed by atoms with Crippen LogP contribution in [0.3, 0.4) is 0 Å². The van der Waals surface area contributed by atoms with Gasteiger partial charge >= 0.3 is 5.97 Å². The van der Waals surface area contributed by atoms with Crippen LogP contribution in [0.1, 0.15) is 81.5 Å². The third kappa shape index (κ3) is 6.79. The fourth-order valence-corrected chi connectivity index (χ4v) is 8.21. The number of carboxylic acids is 1. The van der Waals surface area contributed by atoms with Crippen LogP contribution in [-0.2, 0) is 10.0 Å². The molecule has 1 aliphatic carbocycles. The van der Waals surface area contributed by atoms with Gasteiger partial charge in [0, 0.05) is 37.0 Å². The lowest BCUT2D eigenvalue weighted by molar-refractivity contribution is 0.0692. The van der Waals surface area contributed by atoms with E-state index in [9.17, 15) is 22.7 Å². The molecule has 0 bridgehead atoms. The van der Waals surface area contributed by atoms with E-state index < -0.39 is 27.4 Å². The van der Waals surface area contributed by atoms with E-state index in [0.717, 1.165) is 69.5 Å². The van der Waals surface area contributed by atoms with Gasteiger partial charge in [0.05, 0.1) is 17.9 Å². The standard InChI is InChI=1S/C35H43FN2O5S/c1-3-4-5-6-13-20-43-33-23-31-34(22-28(33)26-18-19-30(36)29(21-26)35(39)40)44(41,42)37(2)32(25-14-9-7-10-15-25)24-38(31)27-16-11-8-12-17-27/h8,11-12,16-19,21-23,25,32H,3-7,9-10,13-15,20,24H2,1-2H3,(H,39,40)/t32-/m0/s1. The normalized spacial score (nSPS) is 18.9. The molecular weight excluding hydrogens is 579 g/mol. The third-order valence-corrected chi connectivity index (χ3v) is 11.0. The number of unbranched alkanes of at least 4 members (excludes halogenated alkanes) is 4. The average Bonchev–Trinajstić information content (AvgIpc) is 3.11. The summed E-state index contributed by atoms with van der Waals surface area (Å²) >= 11 is 0. The van der Waals surface area contributed by atoms with Crippen LogP contribution in [0.5, 0.6) is 5.75 Å². The number of para-hydroxylation sites is 1. The van der Waals surface area contributed by atoms with Crippen LogP contribution in [0, 0.1) is 11.7 Å². The second kappa shape index (κ2) is 14.1. The number of carboxylic acid groups (broad SMARTS) is 1. The van der Waals surface area contributed by atoms with E-state index in [1.54, 1.807) is 19.2 Å². The van der Waals surface area contributed by atoms with E-state index in [-0.39, 0.29) is 16.9 Å². The number of hydrogen-bond acceptors (Lipinski definition) is 5. The zero-order valence-electron chi connectivity index (χ0n) is 25.7. The quantitative estimate of drug-likeness (QED) is 0.217. The smallest absolute Gasteiger partial charge is 0.338 e. The van der Waals surface area contributed by atoms with E-state index in [4.69, 9.17) is 4.74 Å². The Kier molecular flexibility index (Phi) is 10.3. The first-order valence-corrected chi connectivity index (χ1v) is 17.3. The zero-order chi connectivity index (χ0) is 31.3. The van der Waals surface area contributed by atoms with Crippen LogP contribution in [0.15, 0.2) is 65.6 Å². The van der Waals surface area contributed by atoms with Gasteiger partial charge in [0.15, 0.2) is 0 Å². The monoisotopic (exact) mass is 622 g/mol. The van der Waals surface area contributed by atoms with Crippen molar-refractivity contribution < 1.29 is 27.4 Å². The van der Waals surface area contributed by atoms with Gasteiger partial charge < -0.3 is 14.7 Å². The van der Waals surface area contributed by atoms with Crippen molar-refractivity contribution in [1.29, 1.82) is 0 Å². The van der Waals surface area contributed by atoms with Gasteiger partial charge in [-0.3, -0.25) is 0 Å². The highest BCUT2D eigenvalue weighted by atomic mass is 32.2. The fraction of sp³-hybridized carbons (Fsp3) is 0.457. The Balaban J connectivity index is 1.67. The van der Waals surface area contributed by atoms with Crippen LogP contribution in [-0.4, -0.2) is 50.0 Å². The topological polar surface area (TPSA) is 87.1 Å². The first-order chi connectivity index (χ1) is 21.2.